The van der Waals surface area contributed by atoms with E-state index in [4.69, 9.17) is 0 Å². The normalized spacial score (nSPS) is 10.7. The quantitative estimate of drug-likeness (QED) is 0.810. The number of benzene rings is 1. The molecule has 19 heavy (non-hydrogen) atoms. The number of halogens is 2. The van der Waals surface area contributed by atoms with Gasteiger partial charge < -0.3 is 0 Å². The molecule has 0 aliphatic rings. The van der Waals surface area contributed by atoms with Crippen LogP contribution in [0.1, 0.15) is 36.5 Å². The molecular weight excluding hydrogens is 313 g/mol. The summed E-state index contributed by atoms with van der Waals surface area (Å²) in [6.07, 6.45) is 0.978. The fourth-order valence-electron chi connectivity index (χ4n) is 1.83. The second kappa shape index (κ2) is 5.61. The molecule has 2 rings (SSSR count). The van der Waals surface area contributed by atoms with E-state index in [0.29, 0.717) is 34.4 Å². The summed E-state index contributed by atoms with van der Waals surface area (Å²) in [5, 5.41) is 7.88. The average molecular weight is 326 g/mol. The second-order valence-electron chi connectivity index (χ2n) is 4.03. The van der Waals surface area contributed by atoms with Crippen LogP contribution in [0.25, 0.3) is 5.69 Å². The number of nitrogens with zero attached hydrogens (tertiary/aromatic N) is 3. The van der Waals surface area contributed by atoms with Crippen molar-refractivity contribution in [3.05, 3.63) is 39.9 Å². The Bertz CT molecular complexity index is 624. The van der Waals surface area contributed by atoms with Crippen LogP contribution in [-0.2, 0) is 6.42 Å². The predicted octanol–water partition coefficient (Wildman–Crippen LogP) is 3.32. The van der Waals surface area contributed by atoms with Crippen molar-refractivity contribution >= 4 is 21.7 Å². The van der Waals surface area contributed by atoms with Gasteiger partial charge in [0.25, 0.3) is 0 Å². The third kappa shape index (κ3) is 2.58. The Morgan fingerprint density at radius 2 is 2.16 bits per heavy atom. The highest BCUT2D eigenvalue weighted by Gasteiger charge is 2.18. The number of rotatable bonds is 4. The van der Waals surface area contributed by atoms with E-state index >= 15 is 0 Å². The SMILES string of the molecule is CCC(=O)c1nnn(-c2ccc(Br)c(F)c2)c1CC. The molecule has 1 aromatic heterocycles. The van der Waals surface area contributed by atoms with E-state index in [-0.39, 0.29) is 11.6 Å². The van der Waals surface area contributed by atoms with Crippen molar-refractivity contribution in [3.63, 3.8) is 0 Å². The largest absolute Gasteiger partial charge is 0.292 e. The van der Waals surface area contributed by atoms with Crippen LogP contribution in [-0.4, -0.2) is 20.8 Å². The van der Waals surface area contributed by atoms with Crippen LogP contribution in [0.4, 0.5) is 4.39 Å². The molecule has 6 heteroatoms. The molecule has 0 radical (unpaired) electrons. The van der Waals surface area contributed by atoms with Gasteiger partial charge in [-0.2, -0.15) is 0 Å². The van der Waals surface area contributed by atoms with E-state index in [1.807, 2.05) is 6.92 Å². The highest BCUT2D eigenvalue weighted by atomic mass is 79.9. The molecule has 0 saturated carbocycles. The Hall–Kier alpha value is -1.56. The molecule has 0 fully saturated rings. The van der Waals surface area contributed by atoms with Crippen molar-refractivity contribution in [2.24, 2.45) is 0 Å². The van der Waals surface area contributed by atoms with Gasteiger partial charge in [-0.15, -0.1) is 5.10 Å². The molecule has 0 amide bonds. The third-order valence-electron chi connectivity index (χ3n) is 2.83. The molecule has 0 unspecified atom stereocenters. The van der Waals surface area contributed by atoms with E-state index < -0.39 is 0 Å². The summed E-state index contributed by atoms with van der Waals surface area (Å²) in [6, 6.07) is 4.69. The van der Waals surface area contributed by atoms with Crippen LogP contribution in [0, 0.1) is 5.82 Å². The van der Waals surface area contributed by atoms with Crippen molar-refractivity contribution < 1.29 is 9.18 Å². The zero-order valence-corrected chi connectivity index (χ0v) is 12.2. The first kappa shape index (κ1) is 13.9. The number of hydrogen-bond donors (Lipinski definition) is 0. The van der Waals surface area contributed by atoms with Gasteiger partial charge >= 0.3 is 0 Å². The molecule has 0 saturated heterocycles. The van der Waals surface area contributed by atoms with Gasteiger partial charge in [0.15, 0.2) is 11.5 Å². The Kier molecular flexibility index (Phi) is 4.09. The Balaban J connectivity index is 2.53. The van der Waals surface area contributed by atoms with E-state index in [1.54, 1.807) is 19.1 Å². The standard InChI is InChI=1S/C13H13BrFN3O/c1-3-11-13(12(19)4-2)16-17-18(11)8-5-6-9(14)10(15)7-8/h5-7H,3-4H2,1-2H3. The van der Waals surface area contributed by atoms with E-state index in [0.717, 1.165) is 0 Å². The maximum atomic E-state index is 13.6. The molecule has 0 aliphatic carbocycles. The van der Waals surface area contributed by atoms with Gasteiger partial charge in [0.2, 0.25) is 0 Å². The molecule has 0 N–H and O–H groups in total. The van der Waals surface area contributed by atoms with Crippen molar-refractivity contribution in [2.75, 3.05) is 0 Å². The second-order valence-corrected chi connectivity index (χ2v) is 4.88. The number of Topliss-reactive ketones (excluding diaryl/α,β-unsaturated/α-hetero) is 1. The van der Waals surface area contributed by atoms with E-state index in [2.05, 4.69) is 26.2 Å². The molecule has 2 aromatic rings. The number of aromatic nitrogens is 3. The summed E-state index contributed by atoms with van der Waals surface area (Å²) in [5.74, 6) is -0.431. The first-order chi connectivity index (χ1) is 9.08. The van der Waals surface area contributed by atoms with Crippen molar-refractivity contribution in [3.8, 4) is 5.69 Å². The molecule has 0 aliphatic heterocycles. The lowest BCUT2D eigenvalue weighted by Gasteiger charge is -2.06. The predicted molar refractivity (Wildman–Crippen MR) is 73.0 cm³/mol. The fourth-order valence-corrected chi connectivity index (χ4v) is 2.07. The Morgan fingerprint density at radius 1 is 1.42 bits per heavy atom. The molecule has 1 aromatic carbocycles. The maximum Gasteiger partial charge on any atom is 0.184 e. The molecule has 0 spiro atoms. The van der Waals surface area contributed by atoms with Gasteiger partial charge in [-0.1, -0.05) is 19.1 Å². The first-order valence-electron chi connectivity index (χ1n) is 6.01. The van der Waals surface area contributed by atoms with Crippen LogP contribution in [0.2, 0.25) is 0 Å². The summed E-state index contributed by atoms with van der Waals surface area (Å²) >= 11 is 3.10. The fraction of sp³-hybridized carbons (Fsp3) is 0.308. The smallest absolute Gasteiger partial charge is 0.184 e. The Labute approximate surface area is 118 Å². The lowest BCUT2D eigenvalue weighted by atomic mass is 10.1. The third-order valence-corrected chi connectivity index (χ3v) is 3.47. The minimum atomic E-state index is -0.376. The van der Waals surface area contributed by atoms with Crippen LogP contribution >= 0.6 is 15.9 Å². The van der Waals surface area contributed by atoms with Gasteiger partial charge in [-0.3, -0.25) is 4.79 Å². The molecule has 0 atom stereocenters. The van der Waals surface area contributed by atoms with Crippen LogP contribution in [0.15, 0.2) is 22.7 Å². The summed E-state index contributed by atoms with van der Waals surface area (Å²) in [5.41, 5.74) is 1.63. The minimum absolute atomic E-state index is 0.0549. The highest BCUT2D eigenvalue weighted by Crippen LogP contribution is 2.20. The number of ketones is 1. The molecule has 100 valence electrons. The number of carbonyl (C=O) groups excluding carboxylic acids is 1. The lowest BCUT2D eigenvalue weighted by Crippen LogP contribution is -2.06. The first-order valence-corrected chi connectivity index (χ1v) is 6.81. The van der Waals surface area contributed by atoms with Gasteiger partial charge in [-0.05, 0) is 34.5 Å². The van der Waals surface area contributed by atoms with Crippen molar-refractivity contribution in [1.82, 2.24) is 15.0 Å². The van der Waals surface area contributed by atoms with Crippen LogP contribution < -0.4 is 0 Å². The summed E-state index contributed by atoms with van der Waals surface area (Å²) < 4.78 is 15.5. The monoisotopic (exact) mass is 325 g/mol. The summed E-state index contributed by atoms with van der Waals surface area (Å²) in [7, 11) is 0. The average Bonchev–Trinajstić information content (AvgIpc) is 2.84. The van der Waals surface area contributed by atoms with Crippen LogP contribution in [0.5, 0.6) is 0 Å². The summed E-state index contributed by atoms with van der Waals surface area (Å²) in [4.78, 5) is 11.8. The molecular formula is C13H13BrFN3O. The van der Waals surface area contributed by atoms with E-state index in [9.17, 15) is 9.18 Å². The minimum Gasteiger partial charge on any atom is -0.292 e. The zero-order valence-electron chi connectivity index (χ0n) is 10.7. The lowest BCUT2D eigenvalue weighted by molar-refractivity contribution is 0.0982. The highest BCUT2D eigenvalue weighted by molar-refractivity contribution is 9.10. The topological polar surface area (TPSA) is 47.8 Å². The van der Waals surface area contributed by atoms with Gasteiger partial charge in [-0.25, -0.2) is 9.07 Å². The summed E-state index contributed by atoms with van der Waals surface area (Å²) in [6.45, 7) is 3.69. The van der Waals surface area contributed by atoms with Gasteiger partial charge in [0.05, 0.1) is 15.9 Å². The molecule has 0 bridgehead atoms. The van der Waals surface area contributed by atoms with Crippen molar-refractivity contribution in [1.29, 1.82) is 0 Å². The molecule has 1 heterocycles. The van der Waals surface area contributed by atoms with E-state index in [1.165, 1.54) is 10.7 Å². The Morgan fingerprint density at radius 3 is 2.74 bits per heavy atom. The van der Waals surface area contributed by atoms with Gasteiger partial charge in [0, 0.05) is 12.5 Å². The van der Waals surface area contributed by atoms with Gasteiger partial charge in [0.1, 0.15) is 5.82 Å². The molecule has 4 nitrogen and oxygen atoms in total. The number of hydrogen-bond acceptors (Lipinski definition) is 3. The maximum absolute atomic E-state index is 13.6. The zero-order chi connectivity index (χ0) is 14.0. The van der Waals surface area contributed by atoms with Crippen molar-refractivity contribution in [2.45, 2.75) is 26.7 Å². The van der Waals surface area contributed by atoms with Crippen LogP contribution in [0.3, 0.4) is 0 Å². The number of carbonyl (C=O) groups is 1.